The van der Waals surface area contributed by atoms with Gasteiger partial charge in [0, 0.05) is 29.3 Å². The highest BCUT2D eigenvalue weighted by Crippen LogP contribution is 2.41. The lowest BCUT2D eigenvalue weighted by atomic mass is 9.89. The van der Waals surface area contributed by atoms with Crippen LogP contribution < -0.4 is 14.8 Å². The fraction of sp³-hybridized carbons (Fsp3) is 0.474. The van der Waals surface area contributed by atoms with Crippen molar-refractivity contribution in [2.45, 2.75) is 51.7 Å². The molecule has 5 nitrogen and oxygen atoms in total. The van der Waals surface area contributed by atoms with Gasteiger partial charge in [0.2, 0.25) is 5.91 Å². The number of benzene rings is 1. The third kappa shape index (κ3) is 4.12. The smallest absolute Gasteiger partial charge is 0.220 e. The fourth-order valence-corrected chi connectivity index (χ4v) is 3.93. The topological polar surface area (TPSA) is 60.5 Å². The maximum atomic E-state index is 12.5. The molecule has 0 bridgehead atoms. The summed E-state index contributed by atoms with van der Waals surface area (Å²) in [5.74, 6) is 1.58. The van der Waals surface area contributed by atoms with E-state index in [1.54, 1.807) is 18.4 Å². The molecule has 0 unspecified atom stereocenters. The van der Waals surface area contributed by atoms with Crippen molar-refractivity contribution in [2.24, 2.45) is 0 Å². The van der Waals surface area contributed by atoms with E-state index in [0.29, 0.717) is 6.42 Å². The Bertz CT molecular complexity index is 770. The lowest BCUT2D eigenvalue weighted by Gasteiger charge is -2.38. The number of amides is 1. The molecule has 0 saturated carbocycles. The molecule has 2 heterocycles. The second-order valence-corrected chi connectivity index (χ2v) is 7.89. The molecule has 0 saturated heterocycles. The minimum atomic E-state index is -0.342. The van der Waals surface area contributed by atoms with Gasteiger partial charge in [-0.1, -0.05) is 0 Å². The molecular weight excluding hydrogens is 336 g/mol. The molecule has 1 atom stereocenters. The van der Waals surface area contributed by atoms with Gasteiger partial charge in [-0.25, -0.2) is 4.98 Å². The fourth-order valence-electron chi connectivity index (χ4n) is 3.15. The van der Waals surface area contributed by atoms with Gasteiger partial charge < -0.3 is 14.8 Å². The summed E-state index contributed by atoms with van der Waals surface area (Å²) in [7, 11) is 1.64. The summed E-state index contributed by atoms with van der Waals surface area (Å²) in [6.45, 7) is 6.05. The van der Waals surface area contributed by atoms with Gasteiger partial charge in [0.25, 0.3) is 0 Å². The summed E-state index contributed by atoms with van der Waals surface area (Å²) in [6, 6.07) is 5.71. The molecule has 1 aliphatic rings. The van der Waals surface area contributed by atoms with E-state index in [9.17, 15) is 4.79 Å². The van der Waals surface area contributed by atoms with Crippen LogP contribution in [0.15, 0.2) is 23.7 Å². The van der Waals surface area contributed by atoms with E-state index in [1.807, 2.05) is 44.5 Å². The normalized spacial score (nSPS) is 18.2. The number of ether oxygens (including phenoxy) is 2. The second-order valence-electron chi connectivity index (χ2n) is 6.95. The summed E-state index contributed by atoms with van der Waals surface area (Å²) in [5.41, 5.74) is 3.50. The van der Waals surface area contributed by atoms with Gasteiger partial charge in [0.05, 0.1) is 24.4 Å². The van der Waals surface area contributed by atoms with E-state index in [0.717, 1.165) is 35.6 Å². The van der Waals surface area contributed by atoms with Crippen molar-refractivity contribution in [1.29, 1.82) is 0 Å². The standard InChI is InChI=1S/C19H24N2O3S/c1-12-17(25-11-20-12)7-8-18(22)21-15-10-19(2,3)24-16-9-13(23-4)5-6-14(15)16/h5-6,9,11,15H,7-8,10H2,1-4H3,(H,21,22)/t15-/m1/s1. The van der Waals surface area contributed by atoms with E-state index in [4.69, 9.17) is 9.47 Å². The van der Waals surface area contributed by atoms with Crippen LogP contribution in [-0.4, -0.2) is 23.6 Å². The number of nitrogens with one attached hydrogen (secondary N) is 1. The van der Waals surface area contributed by atoms with E-state index in [-0.39, 0.29) is 17.6 Å². The molecule has 25 heavy (non-hydrogen) atoms. The van der Waals surface area contributed by atoms with Crippen LogP contribution >= 0.6 is 11.3 Å². The van der Waals surface area contributed by atoms with Crippen LogP contribution in [0.2, 0.25) is 0 Å². The Morgan fingerprint density at radius 1 is 1.48 bits per heavy atom. The van der Waals surface area contributed by atoms with E-state index < -0.39 is 0 Å². The predicted molar refractivity (Wildman–Crippen MR) is 98.4 cm³/mol. The number of methoxy groups -OCH3 is 1. The first-order valence-corrected chi connectivity index (χ1v) is 9.31. The predicted octanol–water partition coefficient (Wildman–Crippen LogP) is 3.81. The van der Waals surface area contributed by atoms with Crippen molar-refractivity contribution in [3.63, 3.8) is 0 Å². The summed E-state index contributed by atoms with van der Waals surface area (Å²) >= 11 is 1.61. The number of rotatable bonds is 5. The number of thiazole rings is 1. The Morgan fingerprint density at radius 2 is 2.28 bits per heavy atom. The Labute approximate surface area is 152 Å². The number of hydrogen-bond acceptors (Lipinski definition) is 5. The number of aryl methyl sites for hydroxylation is 2. The van der Waals surface area contributed by atoms with Gasteiger partial charge in [-0.15, -0.1) is 11.3 Å². The van der Waals surface area contributed by atoms with Gasteiger partial charge >= 0.3 is 0 Å². The maximum absolute atomic E-state index is 12.5. The van der Waals surface area contributed by atoms with Crippen molar-refractivity contribution >= 4 is 17.2 Å². The molecule has 1 amide bonds. The molecule has 1 aliphatic heterocycles. The Balaban J connectivity index is 1.71. The highest BCUT2D eigenvalue weighted by atomic mass is 32.1. The lowest BCUT2D eigenvalue weighted by Crippen LogP contribution is -2.41. The number of carbonyl (C=O) groups excluding carboxylic acids is 1. The molecule has 134 valence electrons. The Morgan fingerprint density at radius 3 is 2.96 bits per heavy atom. The summed E-state index contributed by atoms with van der Waals surface area (Å²) in [4.78, 5) is 17.9. The number of hydrogen-bond donors (Lipinski definition) is 1. The molecular formula is C19H24N2O3S. The molecule has 0 spiro atoms. The maximum Gasteiger partial charge on any atom is 0.220 e. The molecule has 0 fully saturated rings. The van der Waals surface area contributed by atoms with Crippen LogP contribution in [0.1, 0.15) is 48.9 Å². The molecule has 3 rings (SSSR count). The van der Waals surface area contributed by atoms with E-state index in [1.165, 1.54) is 4.88 Å². The Hall–Kier alpha value is -2.08. The van der Waals surface area contributed by atoms with E-state index >= 15 is 0 Å². The van der Waals surface area contributed by atoms with Crippen LogP contribution in [-0.2, 0) is 11.2 Å². The summed E-state index contributed by atoms with van der Waals surface area (Å²) in [5, 5.41) is 3.17. The second kappa shape index (κ2) is 7.04. The zero-order valence-corrected chi connectivity index (χ0v) is 15.9. The molecule has 0 radical (unpaired) electrons. The van der Waals surface area contributed by atoms with Crippen LogP contribution in [0.4, 0.5) is 0 Å². The quantitative estimate of drug-likeness (QED) is 0.881. The van der Waals surface area contributed by atoms with Crippen molar-refractivity contribution < 1.29 is 14.3 Å². The molecule has 6 heteroatoms. The van der Waals surface area contributed by atoms with E-state index in [2.05, 4.69) is 10.3 Å². The van der Waals surface area contributed by atoms with Crippen LogP contribution in [0.3, 0.4) is 0 Å². The molecule has 0 aliphatic carbocycles. The van der Waals surface area contributed by atoms with Gasteiger partial charge in [-0.3, -0.25) is 4.79 Å². The summed E-state index contributed by atoms with van der Waals surface area (Å²) in [6.07, 6.45) is 1.92. The minimum absolute atomic E-state index is 0.0530. The third-order valence-electron chi connectivity index (χ3n) is 4.44. The molecule has 1 N–H and O–H groups in total. The number of aromatic nitrogens is 1. The van der Waals surface area contributed by atoms with Crippen LogP contribution in [0, 0.1) is 6.92 Å². The van der Waals surface area contributed by atoms with Crippen molar-refractivity contribution in [1.82, 2.24) is 10.3 Å². The first kappa shape index (κ1) is 17.7. The number of fused-ring (bicyclic) bond motifs is 1. The molecule has 1 aromatic heterocycles. The van der Waals surface area contributed by atoms with Crippen molar-refractivity contribution in [2.75, 3.05) is 7.11 Å². The van der Waals surface area contributed by atoms with Crippen LogP contribution in [0.25, 0.3) is 0 Å². The molecule has 1 aromatic carbocycles. The monoisotopic (exact) mass is 360 g/mol. The number of nitrogens with zero attached hydrogens (tertiary/aromatic N) is 1. The largest absolute Gasteiger partial charge is 0.497 e. The zero-order chi connectivity index (χ0) is 18.0. The average Bonchev–Trinajstić information content (AvgIpc) is 2.96. The molecule has 2 aromatic rings. The first-order valence-electron chi connectivity index (χ1n) is 8.43. The highest BCUT2D eigenvalue weighted by Gasteiger charge is 2.34. The van der Waals surface area contributed by atoms with Crippen molar-refractivity contribution in [3.8, 4) is 11.5 Å². The van der Waals surface area contributed by atoms with Gasteiger partial charge in [0.1, 0.15) is 17.1 Å². The van der Waals surface area contributed by atoms with Gasteiger partial charge in [-0.2, -0.15) is 0 Å². The lowest BCUT2D eigenvalue weighted by molar-refractivity contribution is -0.122. The van der Waals surface area contributed by atoms with Gasteiger partial charge in [0.15, 0.2) is 0 Å². The number of carbonyl (C=O) groups is 1. The highest BCUT2D eigenvalue weighted by molar-refractivity contribution is 7.09. The van der Waals surface area contributed by atoms with Crippen molar-refractivity contribution in [3.05, 3.63) is 39.8 Å². The third-order valence-corrected chi connectivity index (χ3v) is 5.43. The van der Waals surface area contributed by atoms with Gasteiger partial charge in [-0.05, 0) is 39.3 Å². The Kier molecular flexibility index (Phi) is 4.99. The first-order chi connectivity index (χ1) is 11.9. The van der Waals surface area contributed by atoms with Crippen LogP contribution in [0.5, 0.6) is 11.5 Å². The minimum Gasteiger partial charge on any atom is -0.497 e. The summed E-state index contributed by atoms with van der Waals surface area (Å²) < 4.78 is 11.4. The SMILES string of the molecule is COc1ccc2c(c1)OC(C)(C)C[C@H]2NC(=O)CCc1scnc1C. The zero-order valence-electron chi connectivity index (χ0n) is 15.1. The average molecular weight is 360 g/mol.